The van der Waals surface area contributed by atoms with Gasteiger partial charge in [0.05, 0.1) is 13.2 Å². The van der Waals surface area contributed by atoms with Crippen LogP contribution >= 0.6 is 0 Å². The van der Waals surface area contributed by atoms with Gasteiger partial charge in [-0.3, -0.25) is 0 Å². The van der Waals surface area contributed by atoms with E-state index >= 15 is 0 Å². The first-order valence-corrected chi connectivity index (χ1v) is 7.10. The van der Waals surface area contributed by atoms with Gasteiger partial charge in [0.25, 0.3) is 0 Å². The summed E-state index contributed by atoms with van der Waals surface area (Å²) in [4.78, 5) is 13.9. The molecule has 2 aliphatic rings. The minimum absolute atomic E-state index is 0.248. The van der Waals surface area contributed by atoms with Gasteiger partial charge in [0.2, 0.25) is 0 Å². The van der Waals surface area contributed by atoms with E-state index in [9.17, 15) is 4.79 Å². The number of carbonyl (C=O) groups excluding carboxylic acids is 1. The Morgan fingerprint density at radius 1 is 1.35 bits per heavy atom. The highest BCUT2D eigenvalue weighted by atomic mass is 16.6. The molecule has 1 aromatic carbocycles. The Kier molecular flexibility index (Phi) is 3.01. The molecular weight excluding hydrogens is 254 g/mol. The molecule has 0 aliphatic carbocycles. The molecular formula is C16H21NO3. The number of rotatable bonds is 0. The third-order valence-corrected chi connectivity index (χ3v) is 3.90. The lowest BCUT2D eigenvalue weighted by Crippen LogP contribution is -2.38. The topological polar surface area (TPSA) is 38.8 Å². The quantitative estimate of drug-likeness (QED) is 0.730. The van der Waals surface area contributed by atoms with Crippen molar-refractivity contribution >= 4 is 6.09 Å². The number of hydrogen-bond donors (Lipinski definition) is 0. The van der Waals surface area contributed by atoms with Crippen molar-refractivity contribution in [2.45, 2.75) is 45.0 Å². The van der Waals surface area contributed by atoms with Crippen molar-refractivity contribution in [3.8, 4) is 0 Å². The van der Waals surface area contributed by atoms with Crippen LogP contribution in [0.2, 0.25) is 0 Å². The molecule has 20 heavy (non-hydrogen) atoms. The minimum Gasteiger partial charge on any atom is -0.444 e. The molecule has 0 bridgehead atoms. The molecule has 1 unspecified atom stereocenters. The summed E-state index contributed by atoms with van der Waals surface area (Å²) in [7, 11) is 0. The maximum absolute atomic E-state index is 12.2. The van der Waals surface area contributed by atoms with Crippen molar-refractivity contribution in [3.63, 3.8) is 0 Å². The average molecular weight is 275 g/mol. The Bertz CT molecular complexity index is 535. The lowest BCUT2D eigenvalue weighted by Gasteiger charge is -2.27. The molecule has 0 aromatic heterocycles. The SMILES string of the molecule is CC(C)(C)OC(=O)N1CCC2(C1)OCc1ccccc12. The molecule has 0 radical (unpaired) electrons. The van der Waals surface area contributed by atoms with Crippen LogP contribution in [0.1, 0.15) is 38.3 Å². The molecule has 1 amide bonds. The Morgan fingerprint density at radius 2 is 2.10 bits per heavy atom. The molecule has 0 N–H and O–H groups in total. The molecule has 1 atom stereocenters. The van der Waals surface area contributed by atoms with Crippen LogP contribution < -0.4 is 0 Å². The minimum atomic E-state index is -0.457. The van der Waals surface area contributed by atoms with Crippen LogP contribution in [0.25, 0.3) is 0 Å². The van der Waals surface area contributed by atoms with E-state index in [1.54, 1.807) is 4.90 Å². The Morgan fingerprint density at radius 3 is 2.85 bits per heavy atom. The molecule has 2 aliphatic heterocycles. The smallest absolute Gasteiger partial charge is 0.410 e. The van der Waals surface area contributed by atoms with E-state index in [0.717, 1.165) is 6.42 Å². The number of hydrogen-bond acceptors (Lipinski definition) is 3. The largest absolute Gasteiger partial charge is 0.444 e. The summed E-state index contributed by atoms with van der Waals surface area (Å²) in [6.07, 6.45) is 0.589. The summed E-state index contributed by atoms with van der Waals surface area (Å²) in [5, 5.41) is 0. The predicted octanol–water partition coefficient (Wildman–Crippen LogP) is 3.05. The van der Waals surface area contributed by atoms with Crippen LogP contribution in [0, 0.1) is 0 Å². The Labute approximate surface area is 119 Å². The highest BCUT2D eigenvalue weighted by molar-refractivity contribution is 5.69. The second-order valence-corrected chi connectivity index (χ2v) is 6.59. The fourth-order valence-corrected chi connectivity index (χ4v) is 2.99. The number of amides is 1. The van der Waals surface area contributed by atoms with Crippen LogP contribution in [0.3, 0.4) is 0 Å². The summed E-state index contributed by atoms with van der Waals surface area (Å²) >= 11 is 0. The molecule has 2 heterocycles. The van der Waals surface area contributed by atoms with E-state index in [1.165, 1.54) is 11.1 Å². The molecule has 0 saturated carbocycles. The van der Waals surface area contributed by atoms with E-state index in [1.807, 2.05) is 32.9 Å². The summed E-state index contributed by atoms with van der Waals surface area (Å²) in [5.74, 6) is 0. The van der Waals surface area contributed by atoms with Crippen LogP contribution in [0.15, 0.2) is 24.3 Å². The first kappa shape index (κ1) is 13.4. The number of carbonyl (C=O) groups is 1. The fourth-order valence-electron chi connectivity index (χ4n) is 2.99. The standard InChI is InChI=1S/C16H21NO3/c1-15(2,3)20-14(18)17-9-8-16(11-17)13-7-5-4-6-12(13)10-19-16/h4-7H,8-11H2,1-3H3. The number of benzene rings is 1. The van der Waals surface area contributed by atoms with E-state index in [2.05, 4.69) is 12.1 Å². The van der Waals surface area contributed by atoms with Gasteiger partial charge < -0.3 is 14.4 Å². The molecule has 1 spiro atoms. The van der Waals surface area contributed by atoms with Gasteiger partial charge >= 0.3 is 6.09 Å². The van der Waals surface area contributed by atoms with Gasteiger partial charge in [-0.1, -0.05) is 24.3 Å². The number of ether oxygens (including phenoxy) is 2. The predicted molar refractivity (Wildman–Crippen MR) is 75.3 cm³/mol. The van der Waals surface area contributed by atoms with Gasteiger partial charge in [-0.15, -0.1) is 0 Å². The Hall–Kier alpha value is -1.55. The number of fused-ring (bicyclic) bond motifs is 2. The maximum atomic E-state index is 12.2. The van der Waals surface area contributed by atoms with E-state index in [-0.39, 0.29) is 11.7 Å². The van der Waals surface area contributed by atoms with Gasteiger partial charge in [-0.25, -0.2) is 4.79 Å². The average Bonchev–Trinajstić information content (AvgIpc) is 2.95. The van der Waals surface area contributed by atoms with Gasteiger partial charge in [-0.05, 0) is 31.9 Å². The van der Waals surface area contributed by atoms with Crippen LogP contribution in [-0.4, -0.2) is 29.7 Å². The highest BCUT2D eigenvalue weighted by Crippen LogP contribution is 2.43. The first-order valence-electron chi connectivity index (χ1n) is 7.10. The third kappa shape index (κ3) is 2.29. The van der Waals surface area contributed by atoms with Gasteiger partial charge in [0.1, 0.15) is 11.2 Å². The van der Waals surface area contributed by atoms with Crippen molar-refractivity contribution in [1.29, 1.82) is 0 Å². The molecule has 4 heteroatoms. The van der Waals surface area contributed by atoms with Crippen LogP contribution in [-0.2, 0) is 21.7 Å². The maximum Gasteiger partial charge on any atom is 0.410 e. The number of likely N-dealkylation sites (tertiary alicyclic amines) is 1. The summed E-state index contributed by atoms with van der Waals surface area (Å²) in [6.45, 7) is 7.56. The second-order valence-electron chi connectivity index (χ2n) is 6.59. The lowest BCUT2D eigenvalue weighted by atomic mass is 9.92. The summed E-state index contributed by atoms with van der Waals surface area (Å²) in [6, 6.07) is 8.27. The van der Waals surface area contributed by atoms with Gasteiger partial charge in [0.15, 0.2) is 0 Å². The van der Waals surface area contributed by atoms with Crippen LogP contribution in [0.4, 0.5) is 4.79 Å². The van der Waals surface area contributed by atoms with Crippen molar-refractivity contribution in [1.82, 2.24) is 4.90 Å². The molecule has 4 nitrogen and oxygen atoms in total. The normalized spacial score (nSPS) is 25.1. The first-order chi connectivity index (χ1) is 9.40. The zero-order chi connectivity index (χ0) is 14.4. The van der Waals surface area contributed by atoms with Crippen molar-refractivity contribution in [3.05, 3.63) is 35.4 Å². The van der Waals surface area contributed by atoms with Crippen molar-refractivity contribution in [2.75, 3.05) is 13.1 Å². The van der Waals surface area contributed by atoms with Gasteiger partial charge in [0, 0.05) is 13.0 Å². The fraction of sp³-hybridized carbons (Fsp3) is 0.562. The van der Waals surface area contributed by atoms with Crippen molar-refractivity contribution in [2.24, 2.45) is 0 Å². The Balaban J connectivity index is 1.76. The molecule has 1 aromatic rings. The van der Waals surface area contributed by atoms with Crippen molar-refractivity contribution < 1.29 is 14.3 Å². The van der Waals surface area contributed by atoms with E-state index in [4.69, 9.17) is 9.47 Å². The molecule has 3 rings (SSSR count). The lowest BCUT2D eigenvalue weighted by molar-refractivity contribution is -0.0327. The highest BCUT2D eigenvalue weighted by Gasteiger charge is 2.47. The van der Waals surface area contributed by atoms with E-state index < -0.39 is 5.60 Å². The second kappa shape index (κ2) is 4.48. The molecule has 1 saturated heterocycles. The zero-order valence-corrected chi connectivity index (χ0v) is 12.3. The van der Waals surface area contributed by atoms with Gasteiger partial charge in [-0.2, -0.15) is 0 Å². The third-order valence-electron chi connectivity index (χ3n) is 3.90. The zero-order valence-electron chi connectivity index (χ0n) is 12.3. The molecule has 1 fully saturated rings. The van der Waals surface area contributed by atoms with Crippen LogP contribution in [0.5, 0.6) is 0 Å². The van der Waals surface area contributed by atoms with E-state index in [0.29, 0.717) is 19.7 Å². The summed E-state index contributed by atoms with van der Waals surface area (Å²) in [5.41, 5.74) is 1.68. The molecule has 108 valence electrons. The monoisotopic (exact) mass is 275 g/mol. The number of nitrogens with zero attached hydrogens (tertiary/aromatic N) is 1. The summed E-state index contributed by atoms with van der Waals surface area (Å²) < 4.78 is 11.5.